The molecule has 0 amide bonds. The van der Waals surface area contributed by atoms with Crippen LogP contribution < -0.4 is 5.32 Å². The third-order valence-electron chi connectivity index (χ3n) is 6.41. The van der Waals surface area contributed by atoms with Gasteiger partial charge in [0.2, 0.25) is 0 Å². The second kappa shape index (κ2) is 6.82. The number of anilines is 1. The Morgan fingerprint density at radius 2 is 1.86 bits per heavy atom. The molecule has 152 valence electrons. The van der Waals surface area contributed by atoms with Crippen LogP contribution >= 0.6 is 0 Å². The van der Waals surface area contributed by atoms with E-state index in [4.69, 9.17) is 9.40 Å². The molecule has 0 unspecified atom stereocenters. The first kappa shape index (κ1) is 18.6. The predicted octanol–water partition coefficient (Wildman–Crippen LogP) is 5.98. The van der Waals surface area contributed by atoms with Crippen LogP contribution in [0.25, 0.3) is 22.5 Å². The number of hydrogen-bond donors (Lipinski definition) is 1. The molecule has 1 aromatic carbocycles. The lowest BCUT2D eigenvalue weighted by atomic mass is 9.83. The van der Waals surface area contributed by atoms with E-state index in [0.717, 1.165) is 29.6 Å². The fraction of sp³-hybridized carbons (Fsp3) is 0.542. The van der Waals surface area contributed by atoms with Crippen molar-refractivity contribution >= 4 is 16.9 Å². The summed E-state index contributed by atoms with van der Waals surface area (Å²) < 4.78 is 5.89. The zero-order chi connectivity index (χ0) is 20.2. The maximum absolute atomic E-state index is 5.89. The molecule has 5 rings (SSSR count). The molecule has 2 aliphatic carbocycles. The topological polar surface area (TPSA) is 63.8 Å². The normalized spacial score (nSPS) is 17.5. The van der Waals surface area contributed by atoms with Crippen molar-refractivity contribution in [2.75, 3.05) is 11.9 Å². The van der Waals surface area contributed by atoms with Gasteiger partial charge in [-0.25, -0.2) is 4.98 Å². The molecule has 2 fully saturated rings. The summed E-state index contributed by atoms with van der Waals surface area (Å²) in [6.45, 7) is 9.85. The summed E-state index contributed by atoms with van der Waals surface area (Å²) in [5.74, 6) is 1.94. The Morgan fingerprint density at radius 1 is 1.07 bits per heavy atom. The fourth-order valence-corrected chi connectivity index (χ4v) is 4.17. The molecule has 2 aromatic heterocycles. The molecule has 3 aromatic rings. The Kier molecular flexibility index (Phi) is 4.37. The van der Waals surface area contributed by atoms with Crippen LogP contribution in [0.2, 0.25) is 0 Å². The van der Waals surface area contributed by atoms with E-state index >= 15 is 0 Å². The molecule has 29 heavy (non-hydrogen) atoms. The predicted molar refractivity (Wildman–Crippen MR) is 116 cm³/mol. The number of nitrogens with zero attached hydrogens (tertiary/aromatic N) is 3. The molecule has 5 heteroatoms. The van der Waals surface area contributed by atoms with Crippen LogP contribution in [0, 0.1) is 12.8 Å². The Labute approximate surface area is 172 Å². The molecule has 0 aliphatic heterocycles. The standard InChI is InChI=1S/C24H30N4O/c1-14-10-20(22-27-28-23(29-22)25-13-15-6-5-7-15)26-21-18(14)11-17(16-8-9-16)12-19(21)24(2,3)4/h10-12,15-16H,5-9,13H2,1-4H3,(H,25,28). The van der Waals surface area contributed by atoms with Crippen LogP contribution in [-0.4, -0.2) is 21.7 Å². The first-order valence-corrected chi connectivity index (χ1v) is 10.9. The van der Waals surface area contributed by atoms with E-state index < -0.39 is 0 Å². The molecule has 0 atom stereocenters. The molecule has 2 aliphatic rings. The lowest BCUT2D eigenvalue weighted by Crippen LogP contribution is -2.20. The summed E-state index contributed by atoms with van der Waals surface area (Å²) >= 11 is 0. The van der Waals surface area contributed by atoms with Gasteiger partial charge in [-0.15, -0.1) is 5.10 Å². The van der Waals surface area contributed by atoms with E-state index in [-0.39, 0.29) is 5.41 Å². The average molecular weight is 391 g/mol. The van der Waals surface area contributed by atoms with Gasteiger partial charge in [0.05, 0.1) is 5.52 Å². The van der Waals surface area contributed by atoms with Crippen molar-refractivity contribution in [3.8, 4) is 11.6 Å². The highest BCUT2D eigenvalue weighted by Gasteiger charge is 2.28. The highest BCUT2D eigenvalue weighted by Crippen LogP contribution is 2.44. The van der Waals surface area contributed by atoms with Gasteiger partial charge < -0.3 is 9.73 Å². The molecular weight excluding hydrogens is 360 g/mol. The van der Waals surface area contributed by atoms with Gasteiger partial charge in [0.1, 0.15) is 5.69 Å². The molecular formula is C24H30N4O. The van der Waals surface area contributed by atoms with Crippen LogP contribution in [0.3, 0.4) is 0 Å². The molecule has 0 bridgehead atoms. The number of hydrogen-bond acceptors (Lipinski definition) is 5. The van der Waals surface area contributed by atoms with Gasteiger partial charge in [-0.3, -0.25) is 0 Å². The number of aryl methyl sites for hydroxylation is 1. The van der Waals surface area contributed by atoms with Gasteiger partial charge in [0.15, 0.2) is 0 Å². The summed E-state index contributed by atoms with van der Waals surface area (Å²) in [5.41, 5.74) is 5.79. The van der Waals surface area contributed by atoms with Gasteiger partial charge in [-0.1, -0.05) is 38.4 Å². The zero-order valence-corrected chi connectivity index (χ0v) is 17.9. The summed E-state index contributed by atoms with van der Waals surface area (Å²) in [5, 5.41) is 13.0. The summed E-state index contributed by atoms with van der Waals surface area (Å²) in [6, 6.07) is 7.28. The number of benzene rings is 1. The van der Waals surface area contributed by atoms with Crippen molar-refractivity contribution in [1.82, 2.24) is 15.2 Å². The minimum absolute atomic E-state index is 0.0194. The Balaban J connectivity index is 1.53. The van der Waals surface area contributed by atoms with E-state index in [9.17, 15) is 0 Å². The second-order valence-electron chi connectivity index (χ2n) is 9.90. The smallest absolute Gasteiger partial charge is 0.315 e. The lowest BCUT2D eigenvalue weighted by molar-refractivity contribution is 0.331. The molecule has 0 radical (unpaired) electrons. The van der Waals surface area contributed by atoms with Crippen LogP contribution in [0.1, 0.15) is 75.5 Å². The average Bonchev–Trinajstić information content (AvgIpc) is 3.37. The van der Waals surface area contributed by atoms with Crippen molar-refractivity contribution in [2.45, 2.75) is 71.1 Å². The van der Waals surface area contributed by atoms with Crippen molar-refractivity contribution in [3.63, 3.8) is 0 Å². The quantitative estimate of drug-likeness (QED) is 0.580. The number of aromatic nitrogens is 3. The van der Waals surface area contributed by atoms with Gasteiger partial charge >= 0.3 is 6.01 Å². The van der Waals surface area contributed by atoms with Crippen molar-refractivity contribution in [1.29, 1.82) is 0 Å². The van der Waals surface area contributed by atoms with Crippen LogP contribution in [0.5, 0.6) is 0 Å². The zero-order valence-electron chi connectivity index (χ0n) is 17.9. The summed E-state index contributed by atoms with van der Waals surface area (Å²) in [4.78, 5) is 5.01. The first-order chi connectivity index (χ1) is 13.9. The van der Waals surface area contributed by atoms with E-state index in [2.05, 4.69) is 61.4 Å². The van der Waals surface area contributed by atoms with Crippen molar-refractivity contribution in [2.24, 2.45) is 5.92 Å². The molecule has 0 saturated heterocycles. The lowest BCUT2D eigenvalue weighted by Gasteiger charge is -2.24. The number of rotatable bonds is 5. The summed E-state index contributed by atoms with van der Waals surface area (Å²) in [7, 11) is 0. The van der Waals surface area contributed by atoms with Gasteiger partial charge in [0, 0.05) is 11.9 Å². The third kappa shape index (κ3) is 3.63. The van der Waals surface area contributed by atoms with E-state index in [1.54, 1.807) is 0 Å². The number of nitrogens with one attached hydrogen (secondary N) is 1. The largest absolute Gasteiger partial charge is 0.402 e. The second-order valence-corrected chi connectivity index (χ2v) is 9.90. The molecule has 0 spiro atoms. The maximum atomic E-state index is 5.89. The van der Waals surface area contributed by atoms with E-state index in [1.165, 1.54) is 54.2 Å². The van der Waals surface area contributed by atoms with Gasteiger partial charge in [-0.05, 0) is 78.7 Å². The summed E-state index contributed by atoms with van der Waals surface area (Å²) in [6.07, 6.45) is 6.52. The molecule has 5 nitrogen and oxygen atoms in total. The van der Waals surface area contributed by atoms with Crippen LogP contribution in [-0.2, 0) is 5.41 Å². The highest BCUT2D eigenvalue weighted by atomic mass is 16.4. The van der Waals surface area contributed by atoms with Crippen molar-refractivity contribution < 1.29 is 4.42 Å². The SMILES string of the molecule is Cc1cc(-c2nnc(NCC3CCC3)o2)nc2c(C(C)(C)C)cc(C3CC3)cc12. The Morgan fingerprint density at radius 3 is 2.52 bits per heavy atom. The Bertz CT molecular complexity index is 1050. The van der Waals surface area contributed by atoms with Gasteiger partial charge in [-0.2, -0.15) is 0 Å². The van der Waals surface area contributed by atoms with Crippen LogP contribution in [0.15, 0.2) is 22.6 Å². The molecule has 2 saturated carbocycles. The monoisotopic (exact) mass is 390 g/mol. The highest BCUT2D eigenvalue weighted by molar-refractivity contribution is 5.88. The number of fused-ring (bicyclic) bond motifs is 1. The maximum Gasteiger partial charge on any atom is 0.315 e. The minimum atomic E-state index is 0.0194. The van der Waals surface area contributed by atoms with Crippen molar-refractivity contribution in [3.05, 3.63) is 34.9 Å². The first-order valence-electron chi connectivity index (χ1n) is 10.9. The minimum Gasteiger partial charge on any atom is -0.402 e. The number of pyridine rings is 1. The fourth-order valence-electron chi connectivity index (χ4n) is 4.17. The molecule has 1 N–H and O–H groups in total. The van der Waals surface area contributed by atoms with Crippen LogP contribution in [0.4, 0.5) is 6.01 Å². The Hall–Kier alpha value is -2.43. The van der Waals surface area contributed by atoms with E-state index in [0.29, 0.717) is 11.9 Å². The van der Waals surface area contributed by atoms with E-state index in [1.807, 2.05) is 0 Å². The molecule has 2 heterocycles. The van der Waals surface area contributed by atoms with Gasteiger partial charge in [0.25, 0.3) is 5.89 Å². The third-order valence-corrected chi connectivity index (χ3v) is 6.41.